The molecule has 0 aliphatic carbocycles. The molecule has 2 aromatic carbocycles. The van der Waals surface area contributed by atoms with Crippen molar-refractivity contribution >= 4 is 11.4 Å². The lowest BCUT2D eigenvalue weighted by Gasteiger charge is -2.21. The van der Waals surface area contributed by atoms with Crippen LogP contribution in [0.15, 0.2) is 42.5 Å². The van der Waals surface area contributed by atoms with Crippen molar-refractivity contribution in [2.45, 2.75) is 19.9 Å². The first kappa shape index (κ1) is 12.1. The van der Waals surface area contributed by atoms with Gasteiger partial charge >= 0.3 is 0 Å². The summed E-state index contributed by atoms with van der Waals surface area (Å²) in [6.45, 7) is 4.14. The van der Waals surface area contributed by atoms with E-state index < -0.39 is 0 Å². The zero-order valence-corrected chi connectivity index (χ0v) is 11.6. The van der Waals surface area contributed by atoms with Gasteiger partial charge in [0.2, 0.25) is 0 Å². The summed E-state index contributed by atoms with van der Waals surface area (Å²) in [7, 11) is 2.15. The van der Waals surface area contributed by atoms with Crippen LogP contribution in [-0.2, 0) is 13.0 Å². The van der Waals surface area contributed by atoms with Crippen LogP contribution in [0.1, 0.15) is 16.7 Å². The minimum Gasteiger partial charge on any atom is -0.384 e. The minimum atomic E-state index is 0.944. The van der Waals surface area contributed by atoms with Gasteiger partial charge in [-0.25, -0.2) is 0 Å². The summed E-state index contributed by atoms with van der Waals surface area (Å²) in [5.41, 5.74) is 6.76. The second-order valence-corrected chi connectivity index (χ2v) is 5.32. The van der Waals surface area contributed by atoms with E-state index in [-0.39, 0.29) is 0 Å². The molecule has 0 spiro atoms. The van der Waals surface area contributed by atoms with Gasteiger partial charge in [0, 0.05) is 31.5 Å². The minimum absolute atomic E-state index is 0.944. The maximum Gasteiger partial charge on any atom is 0.0446 e. The molecule has 1 aliphatic heterocycles. The average Bonchev–Trinajstić information content (AvgIpc) is 2.89. The molecule has 1 heterocycles. The molecular weight excluding hydrogens is 232 g/mol. The van der Waals surface area contributed by atoms with Gasteiger partial charge in [-0.2, -0.15) is 0 Å². The molecule has 1 N–H and O–H groups in total. The molecule has 1 aliphatic rings. The molecule has 0 saturated heterocycles. The fourth-order valence-corrected chi connectivity index (χ4v) is 2.69. The van der Waals surface area contributed by atoms with Crippen LogP contribution in [0.2, 0.25) is 0 Å². The fourth-order valence-electron chi connectivity index (χ4n) is 2.69. The molecule has 19 heavy (non-hydrogen) atoms. The standard InChI is InChI=1S/C17H20N2/c1-13-6-8-16(9-7-13)19(2)12-15-5-3-4-14-10-11-18-17(14)15/h3-9,18H,10-12H2,1-2H3. The monoisotopic (exact) mass is 252 g/mol. The predicted octanol–water partition coefficient (Wildman–Crippen LogP) is 3.60. The highest BCUT2D eigenvalue weighted by Crippen LogP contribution is 2.28. The summed E-state index contributed by atoms with van der Waals surface area (Å²) in [4.78, 5) is 2.30. The number of para-hydroxylation sites is 1. The number of nitrogens with zero attached hydrogens (tertiary/aromatic N) is 1. The Labute approximate surface area is 115 Å². The van der Waals surface area contributed by atoms with Gasteiger partial charge < -0.3 is 10.2 Å². The molecular formula is C17H20N2. The molecule has 3 rings (SSSR count). The molecule has 2 nitrogen and oxygen atoms in total. The van der Waals surface area contributed by atoms with Crippen LogP contribution in [0.4, 0.5) is 11.4 Å². The van der Waals surface area contributed by atoms with Crippen LogP contribution in [0.5, 0.6) is 0 Å². The van der Waals surface area contributed by atoms with Gasteiger partial charge in [-0.1, -0.05) is 35.9 Å². The van der Waals surface area contributed by atoms with E-state index in [9.17, 15) is 0 Å². The van der Waals surface area contributed by atoms with Crippen LogP contribution >= 0.6 is 0 Å². The van der Waals surface area contributed by atoms with E-state index in [4.69, 9.17) is 0 Å². The first-order valence-electron chi connectivity index (χ1n) is 6.86. The highest BCUT2D eigenvalue weighted by Gasteiger charge is 2.14. The van der Waals surface area contributed by atoms with Gasteiger partial charge in [0.05, 0.1) is 0 Å². The topological polar surface area (TPSA) is 15.3 Å². The van der Waals surface area contributed by atoms with E-state index in [1.54, 1.807) is 0 Å². The number of benzene rings is 2. The molecule has 2 heteroatoms. The van der Waals surface area contributed by atoms with Gasteiger partial charge in [0.15, 0.2) is 0 Å². The largest absolute Gasteiger partial charge is 0.384 e. The number of nitrogens with one attached hydrogen (secondary N) is 1. The van der Waals surface area contributed by atoms with Crippen molar-refractivity contribution in [1.29, 1.82) is 0 Å². The van der Waals surface area contributed by atoms with E-state index in [2.05, 4.69) is 66.7 Å². The van der Waals surface area contributed by atoms with Crippen molar-refractivity contribution < 1.29 is 0 Å². The van der Waals surface area contributed by atoms with Crippen molar-refractivity contribution in [3.63, 3.8) is 0 Å². The number of aryl methyl sites for hydroxylation is 1. The predicted molar refractivity (Wildman–Crippen MR) is 81.9 cm³/mol. The van der Waals surface area contributed by atoms with Gasteiger partial charge in [0.25, 0.3) is 0 Å². The molecule has 0 unspecified atom stereocenters. The summed E-state index contributed by atoms with van der Waals surface area (Å²) in [5, 5.41) is 3.51. The zero-order chi connectivity index (χ0) is 13.2. The normalized spacial score (nSPS) is 12.9. The van der Waals surface area contributed by atoms with Crippen molar-refractivity contribution in [3.05, 3.63) is 59.2 Å². The molecule has 0 fully saturated rings. The maximum atomic E-state index is 3.51. The van der Waals surface area contributed by atoms with Gasteiger partial charge in [0.1, 0.15) is 0 Å². The SMILES string of the molecule is Cc1ccc(N(C)Cc2cccc3c2NCC3)cc1. The van der Waals surface area contributed by atoms with Crippen molar-refractivity contribution in [1.82, 2.24) is 0 Å². The summed E-state index contributed by atoms with van der Waals surface area (Å²) in [6.07, 6.45) is 1.15. The van der Waals surface area contributed by atoms with E-state index in [1.807, 2.05) is 0 Å². The Morgan fingerprint density at radius 2 is 1.89 bits per heavy atom. The van der Waals surface area contributed by atoms with Crippen molar-refractivity contribution in [2.24, 2.45) is 0 Å². The van der Waals surface area contributed by atoms with Crippen LogP contribution < -0.4 is 10.2 Å². The number of hydrogen-bond acceptors (Lipinski definition) is 2. The Bertz CT molecular complexity index is 572. The third-order valence-corrected chi connectivity index (χ3v) is 3.82. The summed E-state index contributed by atoms with van der Waals surface area (Å²) >= 11 is 0. The Balaban J connectivity index is 1.82. The number of anilines is 2. The van der Waals surface area contributed by atoms with E-state index in [0.717, 1.165) is 19.5 Å². The highest BCUT2D eigenvalue weighted by atomic mass is 15.1. The zero-order valence-electron chi connectivity index (χ0n) is 11.6. The van der Waals surface area contributed by atoms with Gasteiger partial charge in [-0.05, 0) is 36.6 Å². The van der Waals surface area contributed by atoms with E-state index in [1.165, 1.54) is 28.1 Å². The highest BCUT2D eigenvalue weighted by molar-refractivity contribution is 5.62. The maximum absolute atomic E-state index is 3.51. The fraction of sp³-hybridized carbons (Fsp3) is 0.294. The lowest BCUT2D eigenvalue weighted by atomic mass is 10.1. The van der Waals surface area contributed by atoms with Crippen LogP contribution in [0.25, 0.3) is 0 Å². The third-order valence-electron chi connectivity index (χ3n) is 3.82. The average molecular weight is 252 g/mol. The van der Waals surface area contributed by atoms with Crippen LogP contribution in [0.3, 0.4) is 0 Å². The molecule has 98 valence electrons. The third kappa shape index (κ3) is 2.43. The molecule has 0 saturated carbocycles. The molecule has 0 bridgehead atoms. The molecule has 0 atom stereocenters. The van der Waals surface area contributed by atoms with E-state index >= 15 is 0 Å². The Morgan fingerprint density at radius 1 is 1.11 bits per heavy atom. The molecule has 0 radical (unpaired) electrons. The summed E-state index contributed by atoms with van der Waals surface area (Å²) in [5.74, 6) is 0. The summed E-state index contributed by atoms with van der Waals surface area (Å²) < 4.78 is 0. The number of hydrogen-bond donors (Lipinski definition) is 1. The molecule has 0 aromatic heterocycles. The van der Waals surface area contributed by atoms with Crippen molar-refractivity contribution in [3.8, 4) is 0 Å². The number of rotatable bonds is 3. The van der Waals surface area contributed by atoms with Crippen LogP contribution in [-0.4, -0.2) is 13.6 Å². The Kier molecular flexibility index (Phi) is 3.16. The molecule has 2 aromatic rings. The number of fused-ring (bicyclic) bond motifs is 1. The molecule has 0 amide bonds. The second kappa shape index (κ2) is 4.96. The first-order chi connectivity index (χ1) is 9.24. The van der Waals surface area contributed by atoms with Crippen molar-refractivity contribution in [2.75, 3.05) is 23.8 Å². The van der Waals surface area contributed by atoms with Crippen LogP contribution in [0, 0.1) is 6.92 Å². The Hall–Kier alpha value is -1.96. The van der Waals surface area contributed by atoms with E-state index in [0.29, 0.717) is 0 Å². The first-order valence-corrected chi connectivity index (χ1v) is 6.86. The van der Waals surface area contributed by atoms with Gasteiger partial charge in [-0.3, -0.25) is 0 Å². The smallest absolute Gasteiger partial charge is 0.0446 e. The summed E-state index contributed by atoms with van der Waals surface area (Å²) in [6, 6.07) is 15.3. The quantitative estimate of drug-likeness (QED) is 0.898. The second-order valence-electron chi connectivity index (χ2n) is 5.32. The lowest BCUT2D eigenvalue weighted by Crippen LogP contribution is -2.17. The lowest BCUT2D eigenvalue weighted by molar-refractivity contribution is 0.924. The van der Waals surface area contributed by atoms with Gasteiger partial charge in [-0.15, -0.1) is 0 Å². The Morgan fingerprint density at radius 3 is 2.68 bits per heavy atom.